The highest BCUT2D eigenvalue weighted by Gasteiger charge is 2.28. The predicted octanol–water partition coefficient (Wildman–Crippen LogP) is 5.52. The van der Waals surface area contributed by atoms with Gasteiger partial charge in [-0.15, -0.1) is 4.98 Å². The van der Waals surface area contributed by atoms with Gasteiger partial charge in [-0.2, -0.15) is 14.2 Å². The first-order valence-corrected chi connectivity index (χ1v) is 18.2. The van der Waals surface area contributed by atoms with Gasteiger partial charge < -0.3 is 31.6 Å². The first-order chi connectivity index (χ1) is 27.5. The number of carbonyl (C=O) groups excluding carboxylic acids is 2. The zero-order chi connectivity index (χ0) is 40.4. The Morgan fingerprint density at radius 3 is 2.16 bits per heavy atom. The lowest BCUT2D eigenvalue weighted by Crippen LogP contribution is -2.37. The number of rotatable bonds is 10. The van der Waals surface area contributed by atoms with Gasteiger partial charge in [0.2, 0.25) is 18.0 Å². The number of carbonyl (C=O) groups is 2. The minimum Gasteiger partial charge on any atom is -0.497 e. The summed E-state index contributed by atoms with van der Waals surface area (Å²) in [6.07, 6.45) is 4.53. The molecule has 0 aliphatic carbocycles. The van der Waals surface area contributed by atoms with Gasteiger partial charge in [0.25, 0.3) is 11.8 Å². The number of nitrogen functional groups attached to an aromatic ring is 2. The normalized spacial score (nSPS) is 11.2. The molecule has 0 spiro atoms. The number of benzene rings is 2. The molecule has 0 aliphatic heterocycles. The van der Waals surface area contributed by atoms with Gasteiger partial charge in [0.15, 0.2) is 11.3 Å². The van der Waals surface area contributed by atoms with Crippen LogP contribution in [0, 0.1) is 11.8 Å². The van der Waals surface area contributed by atoms with E-state index in [1.165, 1.54) is 6.33 Å². The van der Waals surface area contributed by atoms with Gasteiger partial charge in [-0.05, 0) is 65.9 Å². The van der Waals surface area contributed by atoms with E-state index in [2.05, 4.69) is 42.6 Å². The molecular formula is C42H42N11O4+. The van der Waals surface area contributed by atoms with Crippen molar-refractivity contribution in [3.63, 3.8) is 0 Å². The Morgan fingerprint density at radius 1 is 0.825 bits per heavy atom. The highest BCUT2D eigenvalue weighted by molar-refractivity contribution is 6.13. The number of amides is 2. The summed E-state index contributed by atoms with van der Waals surface area (Å²) < 4.78 is 15.4. The molecule has 5 heterocycles. The second-order valence-electron chi connectivity index (χ2n) is 13.9. The second-order valence-corrected chi connectivity index (χ2v) is 13.9. The Balaban J connectivity index is 1.24. The van der Waals surface area contributed by atoms with Gasteiger partial charge >= 0.3 is 0 Å². The minimum atomic E-state index is -0.406. The van der Waals surface area contributed by atoms with Crippen molar-refractivity contribution in [2.45, 2.75) is 46.1 Å². The van der Waals surface area contributed by atoms with Gasteiger partial charge in [0, 0.05) is 24.6 Å². The molecule has 2 amide bonds. The maximum Gasteiger partial charge on any atom is 0.259 e. The first-order valence-electron chi connectivity index (χ1n) is 18.2. The molecule has 0 fully saturated rings. The molecule has 15 nitrogen and oxygen atoms in total. The van der Waals surface area contributed by atoms with E-state index in [-0.39, 0.29) is 34.9 Å². The molecule has 0 aliphatic rings. The zero-order valence-corrected chi connectivity index (χ0v) is 32.4. The number of anilines is 4. The highest BCUT2D eigenvalue weighted by Crippen LogP contribution is 2.32. The van der Waals surface area contributed by atoms with E-state index in [0.29, 0.717) is 63.0 Å². The Kier molecular flexibility index (Phi) is 10.5. The van der Waals surface area contributed by atoms with Crippen LogP contribution in [0.2, 0.25) is 0 Å². The number of fused-ring (bicyclic) bond motifs is 2. The van der Waals surface area contributed by atoms with Crippen LogP contribution in [0.25, 0.3) is 16.9 Å². The van der Waals surface area contributed by atoms with Gasteiger partial charge in [-0.25, -0.2) is 9.50 Å². The number of hydrogen-bond acceptors (Lipinski definition) is 10. The molecule has 2 aromatic carbocycles. The maximum atomic E-state index is 14.0. The second kappa shape index (κ2) is 15.8. The van der Waals surface area contributed by atoms with E-state index < -0.39 is 5.91 Å². The van der Waals surface area contributed by atoms with Crippen LogP contribution in [0.4, 0.5) is 23.0 Å². The standard InChI is InChI=1S/C42H41N11O4/c1-24(2)33-19-32(41(54)49-29-13-15-30(57-6)16-14-29)37-40(44)51(23-48-52(33)37)34-18-10-26(20-45-34)9-17-31-35(38-39(43)46-22-47-53(38)36(31)25(3)4)42(55)50-28-11-7-27(8-12-28)21-56-5/h7-8,10-16,18-20,22-25,44H,21H2,1-6H3,(H4,43,46,47,49,50,54,55)/p+1. The van der Waals surface area contributed by atoms with E-state index in [9.17, 15) is 9.59 Å². The predicted molar refractivity (Wildman–Crippen MR) is 217 cm³/mol. The van der Waals surface area contributed by atoms with Crippen molar-refractivity contribution < 1.29 is 23.6 Å². The summed E-state index contributed by atoms with van der Waals surface area (Å²) in [6, 6.07) is 19.8. The third-order valence-electron chi connectivity index (χ3n) is 9.39. The van der Waals surface area contributed by atoms with Crippen molar-refractivity contribution in [1.29, 1.82) is 0 Å². The Hall–Kier alpha value is -7.31. The average molecular weight is 765 g/mol. The molecule has 0 radical (unpaired) electrons. The largest absolute Gasteiger partial charge is 0.497 e. The van der Waals surface area contributed by atoms with Crippen molar-refractivity contribution in [2.24, 2.45) is 0 Å². The smallest absolute Gasteiger partial charge is 0.259 e. The summed E-state index contributed by atoms with van der Waals surface area (Å²) in [4.78, 5) is 36.5. The molecule has 0 atom stereocenters. The lowest BCUT2D eigenvalue weighted by Gasteiger charge is -2.08. The number of nitrogens with one attached hydrogen (secondary N) is 2. The Morgan fingerprint density at radius 2 is 1.53 bits per heavy atom. The van der Waals surface area contributed by atoms with E-state index >= 15 is 0 Å². The fraction of sp³-hybridized carbons (Fsp3) is 0.214. The molecule has 6 N–H and O–H groups in total. The Labute approximate surface area is 328 Å². The van der Waals surface area contributed by atoms with Gasteiger partial charge in [0.05, 0.1) is 47.4 Å². The molecule has 57 heavy (non-hydrogen) atoms. The van der Waals surface area contributed by atoms with Crippen LogP contribution >= 0.6 is 0 Å². The zero-order valence-electron chi connectivity index (χ0n) is 32.4. The quantitative estimate of drug-likeness (QED) is 0.102. The summed E-state index contributed by atoms with van der Waals surface area (Å²) in [5.41, 5.74) is 19.3. The summed E-state index contributed by atoms with van der Waals surface area (Å²) >= 11 is 0. The highest BCUT2D eigenvalue weighted by atomic mass is 16.5. The molecule has 7 aromatic rings. The number of ether oxygens (including phenoxy) is 2. The van der Waals surface area contributed by atoms with E-state index in [1.54, 1.807) is 76.7 Å². The van der Waals surface area contributed by atoms with Crippen LogP contribution in [-0.2, 0) is 11.3 Å². The van der Waals surface area contributed by atoms with Crippen molar-refractivity contribution in [3.05, 3.63) is 125 Å². The first kappa shape index (κ1) is 38.0. The van der Waals surface area contributed by atoms with Crippen molar-refractivity contribution in [1.82, 2.24) is 29.2 Å². The van der Waals surface area contributed by atoms with Crippen LogP contribution in [-0.4, -0.2) is 55.2 Å². The molecule has 0 unspecified atom stereocenters. The van der Waals surface area contributed by atoms with Gasteiger partial charge in [0.1, 0.15) is 23.8 Å². The van der Waals surface area contributed by atoms with Crippen LogP contribution in [0.1, 0.15) is 88.3 Å². The monoisotopic (exact) mass is 764 g/mol. The third-order valence-corrected chi connectivity index (χ3v) is 9.39. The molecule has 0 bridgehead atoms. The fourth-order valence-corrected chi connectivity index (χ4v) is 6.61. The Bertz CT molecular complexity index is 2690. The SMILES string of the molecule is COCc1ccc(NC(=O)c2c(C#Cc3ccc(-[n+]4cnn5c(C(C)C)cc(C(=O)Nc6ccc(OC)cc6)c5c4N)nc3)c(C(C)C)n3ncnc(N)c23)cc1. The molecule has 0 saturated heterocycles. The molecule has 15 heteroatoms. The molecule has 0 saturated carbocycles. The number of hydrogen-bond donors (Lipinski definition) is 4. The summed E-state index contributed by atoms with van der Waals surface area (Å²) in [5.74, 6) is 7.19. The third kappa shape index (κ3) is 7.41. The molecule has 7 rings (SSSR count). The van der Waals surface area contributed by atoms with Crippen LogP contribution < -0.4 is 31.4 Å². The van der Waals surface area contributed by atoms with E-state index in [4.69, 9.17) is 20.9 Å². The van der Waals surface area contributed by atoms with Gasteiger partial charge in [-0.3, -0.25) is 9.59 Å². The topological polar surface area (TPSA) is 193 Å². The van der Waals surface area contributed by atoms with Crippen LogP contribution in [0.3, 0.4) is 0 Å². The minimum absolute atomic E-state index is 0.0520. The fourth-order valence-electron chi connectivity index (χ4n) is 6.61. The van der Waals surface area contributed by atoms with Crippen molar-refractivity contribution in [2.75, 3.05) is 36.3 Å². The molecular weight excluding hydrogens is 723 g/mol. The maximum absolute atomic E-state index is 14.0. The molecule has 5 aromatic heterocycles. The lowest BCUT2D eigenvalue weighted by molar-refractivity contribution is -0.587. The van der Waals surface area contributed by atoms with E-state index in [1.807, 2.05) is 58.0 Å². The van der Waals surface area contributed by atoms with E-state index in [0.717, 1.165) is 11.3 Å². The number of aromatic nitrogens is 7. The van der Waals surface area contributed by atoms with Crippen molar-refractivity contribution >= 4 is 45.9 Å². The number of nitrogens with zero attached hydrogens (tertiary/aromatic N) is 7. The summed E-state index contributed by atoms with van der Waals surface area (Å²) in [5, 5.41) is 15.0. The van der Waals surface area contributed by atoms with Crippen LogP contribution in [0.5, 0.6) is 5.75 Å². The summed E-state index contributed by atoms with van der Waals surface area (Å²) in [6.45, 7) is 8.49. The van der Waals surface area contributed by atoms with Crippen molar-refractivity contribution in [3.8, 4) is 23.4 Å². The molecule has 288 valence electrons. The van der Waals surface area contributed by atoms with Crippen LogP contribution in [0.15, 0.2) is 85.6 Å². The number of pyridine rings is 1. The lowest BCUT2D eigenvalue weighted by atomic mass is 10.0. The average Bonchev–Trinajstić information content (AvgIpc) is 3.77. The number of methoxy groups -OCH3 is 2. The number of nitrogens with two attached hydrogens (primary N) is 2. The van der Waals surface area contributed by atoms with Gasteiger partial charge in [-0.1, -0.05) is 56.8 Å². The summed E-state index contributed by atoms with van der Waals surface area (Å²) in [7, 11) is 3.21.